The summed E-state index contributed by atoms with van der Waals surface area (Å²) in [5.41, 5.74) is 0.476. The first-order valence-corrected chi connectivity index (χ1v) is 7.09. The first kappa shape index (κ1) is 15.5. The standard InChI is InChI=1S/C14H14BrNO5/c1-21-14(20)8-6-11(17)16(7-8)12(13(18)19)9-4-2-3-5-10(9)15/h2-5,8,12H,6-7H2,1H3,(H,18,19). The van der Waals surface area contributed by atoms with Crippen molar-refractivity contribution in [1.29, 1.82) is 0 Å². The maximum Gasteiger partial charge on any atom is 0.331 e. The molecule has 7 heteroatoms. The number of likely N-dealkylation sites (tertiary alicyclic amines) is 1. The minimum absolute atomic E-state index is 0.0269. The molecule has 2 atom stereocenters. The lowest BCUT2D eigenvalue weighted by Gasteiger charge is -2.25. The number of ether oxygens (including phenoxy) is 1. The highest BCUT2D eigenvalue weighted by atomic mass is 79.9. The minimum Gasteiger partial charge on any atom is -0.479 e. The highest BCUT2D eigenvalue weighted by Crippen LogP contribution is 2.33. The normalized spacial score (nSPS) is 19.4. The van der Waals surface area contributed by atoms with E-state index in [1.807, 2.05) is 0 Å². The largest absolute Gasteiger partial charge is 0.479 e. The highest BCUT2D eigenvalue weighted by Gasteiger charge is 2.42. The molecule has 0 bridgehead atoms. The number of carboxylic acids is 1. The van der Waals surface area contributed by atoms with Crippen molar-refractivity contribution in [1.82, 2.24) is 4.90 Å². The average molecular weight is 356 g/mol. The van der Waals surface area contributed by atoms with Crippen molar-refractivity contribution in [2.24, 2.45) is 5.92 Å². The monoisotopic (exact) mass is 355 g/mol. The molecule has 21 heavy (non-hydrogen) atoms. The van der Waals surface area contributed by atoms with E-state index in [0.29, 0.717) is 10.0 Å². The van der Waals surface area contributed by atoms with Crippen LogP contribution in [0.1, 0.15) is 18.0 Å². The van der Waals surface area contributed by atoms with Crippen LogP contribution in [0.25, 0.3) is 0 Å². The van der Waals surface area contributed by atoms with Gasteiger partial charge in [-0.25, -0.2) is 4.79 Å². The van der Waals surface area contributed by atoms with Gasteiger partial charge in [0.15, 0.2) is 6.04 Å². The van der Waals surface area contributed by atoms with Crippen molar-refractivity contribution in [2.75, 3.05) is 13.7 Å². The van der Waals surface area contributed by atoms with E-state index in [4.69, 9.17) is 0 Å². The Morgan fingerprint density at radius 3 is 2.67 bits per heavy atom. The van der Waals surface area contributed by atoms with Gasteiger partial charge in [0.05, 0.1) is 13.0 Å². The van der Waals surface area contributed by atoms with E-state index in [1.54, 1.807) is 24.3 Å². The van der Waals surface area contributed by atoms with Gasteiger partial charge in [0, 0.05) is 23.0 Å². The van der Waals surface area contributed by atoms with Crippen LogP contribution in [-0.2, 0) is 19.1 Å². The highest BCUT2D eigenvalue weighted by molar-refractivity contribution is 9.10. The summed E-state index contributed by atoms with van der Waals surface area (Å²) in [6.07, 6.45) is -0.0269. The second kappa shape index (κ2) is 6.26. The molecular weight excluding hydrogens is 342 g/mol. The van der Waals surface area contributed by atoms with Gasteiger partial charge >= 0.3 is 11.9 Å². The maximum absolute atomic E-state index is 12.1. The zero-order valence-electron chi connectivity index (χ0n) is 11.3. The number of hydrogen-bond donors (Lipinski definition) is 1. The van der Waals surface area contributed by atoms with Crippen LogP contribution in [0.4, 0.5) is 0 Å². The molecule has 0 spiro atoms. The van der Waals surface area contributed by atoms with E-state index >= 15 is 0 Å². The molecule has 0 saturated carbocycles. The van der Waals surface area contributed by atoms with Crippen LogP contribution >= 0.6 is 15.9 Å². The molecule has 1 aromatic rings. The van der Waals surface area contributed by atoms with Crippen molar-refractivity contribution >= 4 is 33.8 Å². The van der Waals surface area contributed by atoms with Gasteiger partial charge in [-0.3, -0.25) is 9.59 Å². The molecule has 112 valence electrons. The van der Waals surface area contributed by atoms with Crippen molar-refractivity contribution in [3.8, 4) is 0 Å². The molecule has 6 nitrogen and oxygen atoms in total. The van der Waals surface area contributed by atoms with E-state index in [0.717, 1.165) is 0 Å². The molecule has 1 aromatic carbocycles. The van der Waals surface area contributed by atoms with Gasteiger partial charge in [-0.15, -0.1) is 0 Å². The molecule has 1 aliphatic rings. The smallest absolute Gasteiger partial charge is 0.331 e. The van der Waals surface area contributed by atoms with Gasteiger partial charge in [0.1, 0.15) is 0 Å². The van der Waals surface area contributed by atoms with Crippen molar-refractivity contribution in [3.05, 3.63) is 34.3 Å². The summed E-state index contributed by atoms with van der Waals surface area (Å²) in [6.45, 7) is 0.0454. The number of halogens is 1. The fourth-order valence-corrected chi connectivity index (χ4v) is 2.94. The van der Waals surface area contributed by atoms with Crippen LogP contribution in [0, 0.1) is 5.92 Å². The summed E-state index contributed by atoms with van der Waals surface area (Å²) in [4.78, 5) is 36.4. The Morgan fingerprint density at radius 2 is 2.10 bits per heavy atom. The molecule has 1 aliphatic heterocycles. The van der Waals surface area contributed by atoms with Crippen LogP contribution in [0.5, 0.6) is 0 Å². The molecular formula is C14H14BrNO5. The number of amides is 1. The van der Waals surface area contributed by atoms with Crippen molar-refractivity contribution in [3.63, 3.8) is 0 Å². The van der Waals surface area contributed by atoms with Crippen molar-refractivity contribution in [2.45, 2.75) is 12.5 Å². The third-order valence-corrected chi connectivity index (χ3v) is 4.16. The summed E-state index contributed by atoms with van der Waals surface area (Å²) in [7, 11) is 1.25. The number of hydrogen-bond acceptors (Lipinski definition) is 4. The van der Waals surface area contributed by atoms with E-state index in [2.05, 4.69) is 20.7 Å². The molecule has 0 radical (unpaired) electrons. The second-order valence-electron chi connectivity index (χ2n) is 4.73. The Balaban J connectivity index is 2.32. The van der Waals surface area contributed by atoms with Gasteiger partial charge in [0.2, 0.25) is 5.91 Å². The van der Waals surface area contributed by atoms with Crippen molar-refractivity contribution < 1.29 is 24.2 Å². The number of carboxylic acid groups (broad SMARTS) is 1. The molecule has 1 saturated heterocycles. The van der Waals surface area contributed by atoms with Crippen LogP contribution in [0.15, 0.2) is 28.7 Å². The van der Waals surface area contributed by atoms with Gasteiger partial charge in [-0.05, 0) is 6.07 Å². The topological polar surface area (TPSA) is 83.9 Å². The molecule has 1 amide bonds. The molecule has 1 fully saturated rings. The van der Waals surface area contributed by atoms with Crippen LogP contribution < -0.4 is 0 Å². The fraction of sp³-hybridized carbons (Fsp3) is 0.357. The quantitative estimate of drug-likeness (QED) is 0.829. The summed E-state index contributed by atoms with van der Waals surface area (Å²) in [6, 6.07) is 5.69. The lowest BCUT2D eigenvalue weighted by atomic mass is 10.1. The maximum atomic E-state index is 12.1. The van der Waals surface area contributed by atoms with Gasteiger partial charge in [-0.1, -0.05) is 34.1 Å². The third kappa shape index (κ3) is 3.07. The number of methoxy groups -OCH3 is 1. The molecule has 1 N–H and O–H groups in total. The van der Waals surface area contributed by atoms with Crippen LogP contribution in [-0.4, -0.2) is 41.5 Å². The number of rotatable bonds is 4. The zero-order valence-corrected chi connectivity index (χ0v) is 12.9. The number of benzene rings is 1. The molecule has 0 aliphatic carbocycles. The first-order chi connectivity index (χ1) is 9.95. The lowest BCUT2D eigenvalue weighted by molar-refractivity contribution is -0.149. The van der Waals surface area contributed by atoms with E-state index in [1.165, 1.54) is 12.0 Å². The second-order valence-corrected chi connectivity index (χ2v) is 5.59. The molecule has 2 rings (SSSR count). The average Bonchev–Trinajstić information content (AvgIpc) is 2.82. The summed E-state index contributed by atoms with van der Waals surface area (Å²) in [5.74, 6) is -2.62. The Labute approximate surface area is 129 Å². The Kier molecular flexibility index (Phi) is 4.62. The lowest BCUT2D eigenvalue weighted by Crippen LogP contribution is -2.36. The van der Waals surface area contributed by atoms with Crippen LogP contribution in [0.3, 0.4) is 0 Å². The van der Waals surface area contributed by atoms with E-state index in [9.17, 15) is 19.5 Å². The predicted molar refractivity (Wildman–Crippen MR) is 76.4 cm³/mol. The van der Waals surface area contributed by atoms with Gasteiger partial charge in [0.25, 0.3) is 0 Å². The number of nitrogens with zero attached hydrogens (tertiary/aromatic N) is 1. The molecule has 0 aromatic heterocycles. The first-order valence-electron chi connectivity index (χ1n) is 6.30. The number of carbonyl (C=O) groups is 3. The summed E-state index contributed by atoms with van der Waals surface area (Å²) in [5, 5.41) is 9.48. The van der Waals surface area contributed by atoms with E-state index in [-0.39, 0.29) is 18.9 Å². The van der Waals surface area contributed by atoms with E-state index < -0.39 is 23.9 Å². The predicted octanol–water partition coefficient (Wildman–Crippen LogP) is 1.60. The van der Waals surface area contributed by atoms with Crippen LogP contribution in [0.2, 0.25) is 0 Å². The Morgan fingerprint density at radius 1 is 1.43 bits per heavy atom. The van der Waals surface area contributed by atoms with Gasteiger partial charge in [-0.2, -0.15) is 0 Å². The number of carbonyl (C=O) groups excluding carboxylic acids is 2. The Bertz CT molecular complexity index is 588. The number of esters is 1. The Hall–Kier alpha value is -1.89. The zero-order chi connectivity index (χ0) is 15.6. The number of aliphatic carboxylic acids is 1. The van der Waals surface area contributed by atoms with Gasteiger partial charge < -0.3 is 14.7 Å². The molecule has 1 heterocycles. The third-order valence-electron chi connectivity index (χ3n) is 3.44. The molecule has 2 unspecified atom stereocenters. The SMILES string of the molecule is COC(=O)C1CC(=O)N(C(C(=O)O)c2ccccc2Br)C1. The fourth-order valence-electron chi connectivity index (χ4n) is 2.44. The summed E-state index contributed by atoms with van der Waals surface area (Å²) >= 11 is 3.30. The summed E-state index contributed by atoms with van der Waals surface area (Å²) < 4.78 is 5.23. The minimum atomic E-state index is -1.14.